The van der Waals surface area contributed by atoms with E-state index in [9.17, 15) is 4.79 Å². The predicted molar refractivity (Wildman–Crippen MR) is 43.2 cm³/mol. The third-order valence-electron chi connectivity index (χ3n) is 1.43. The molecule has 66 valence electrons. The van der Waals surface area contributed by atoms with E-state index in [1.807, 2.05) is 7.05 Å². The van der Waals surface area contributed by atoms with Gasteiger partial charge >= 0.3 is 0 Å². The minimum Gasteiger partial charge on any atom is -0.384 e. The van der Waals surface area contributed by atoms with E-state index < -0.39 is 6.10 Å². The molecule has 11 heavy (non-hydrogen) atoms. The van der Waals surface area contributed by atoms with Gasteiger partial charge in [0.2, 0.25) is 0 Å². The lowest BCUT2D eigenvalue weighted by atomic mass is 10.3. The van der Waals surface area contributed by atoms with Crippen molar-refractivity contribution in [1.82, 2.24) is 10.2 Å². The molecule has 0 aromatic rings. The van der Waals surface area contributed by atoms with Crippen LogP contribution in [0.5, 0.6) is 0 Å². The number of aliphatic hydroxyl groups excluding tert-OH is 1. The first-order valence-corrected chi connectivity index (χ1v) is 3.67. The van der Waals surface area contributed by atoms with Crippen LogP contribution in [0.25, 0.3) is 0 Å². The van der Waals surface area contributed by atoms with Gasteiger partial charge in [0.1, 0.15) is 6.10 Å². The van der Waals surface area contributed by atoms with E-state index >= 15 is 0 Å². The lowest BCUT2D eigenvalue weighted by molar-refractivity contribution is -0.137. The Kier molecular flexibility index (Phi) is 4.81. The molecule has 0 saturated carbocycles. The molecular weight excluding hydrogens is 144 g/mol. The Morgan fingerprint density at radius 2 is 2.27 bits per heavy atom. The Morgan fingerprint density at radius 1 is 1.73 bits per heavy atom. The average Bonchev–Trinajstić information content (AvgIpc) is 1.98. The highest BCUT2D eigenvalue weighted by molar-refractivity contribution is 5.79. The Bertz CT molecular complexity index is 126. The maximum atomic E-state index is 11.0. The van der Waals surface area contributed by atoms with Crippen molar-refractivity contribution in [1.29, 1.82) is 0 Å². The minimum atomic E-state index is -0.892. The van der Waals surface area contributed by atoms with Crippen molar-refractivity contribution < 1.29 is 9.90 Å². The molecule has 1 amide bonds. The third-order valence-corrected chi connectivity index (χ3v) is 1.43. The number of hydrogen-bond donors (Lipinski definition) is 2. The van der Waals surface area contributed by atoms with Crippen LogP contribution in [0.15, 0.2) is 0 Å². The molecule has 0 radical (unpaired) electrons. The van der Waals surface area contributed by atoms with E-state index in [0.717, 1.165) is 6.54 Å². The van der Waals surface area contributed by atoms with Crippen LogP contribution < -0.4 is 5.32 Å². The summed E-state index contributed by atoms with van der Waals surface area (Å²) in [6, 6.07) is 0. The number of carbonyl (C=O) groups is 1. The normalized spacial score (nSPS) is 12.7. The monoisotopic (exact) mass is 160 g/mol. The predicted octanol–water partition coefficient (Wildman–Crippen LogP) is -0.955. The lowest BCUT2D eigenvalue weighted by Gasteiger charge is -2.17. The SMILES string of the molecule is CNCCN(C)C(=O)C(C)O. The summed E-state index contributed by atoms with van der Waals surface area (Å²) >= 11 is 0. The molecular formula is C7H16N2O2. The molecule has 0 saturated heterocycles. The van der Waals surface area contributed by atoms with Gasteiger partial charge in [-0.2, -0.15) is 0 Å². The van der Waals surface area contributed by atoms with Crippen LogP contribution in [0.1, 0.15) is 6.92 Å². The number of rotatable bonds is 4. The number of nitrogens with one attached hydrogen (secondary N) is 1. The average molecular weight is 160 g/mol. The van der Waals surface area contributed by atoms with E-state index in [1.54, 1.807) is 7.05 Å². The van der Waals surface area contributed by atoms with Gasteiger partial charge in [-0.3, -0.25) is 4.79 Å². The molecule has 0 spiro atoms. The van der Waals surface area contributed by atoms with Gasteiger partial charge in [-0.15, -0.1) is 0 Å². The molecule has 0 aliphatic carbocycles. The standard InChI is InChI=1S/C7H16N2O2/c1-6(10)7(11)9(3)5-4-8-2/h6,8,10H,4-5H2,1-3H3. The van der Waals surface area contributed by atoms with Crippen LogP contribution in [0.3, 0.4) is 0 Å². The number of aliphatic hydroxyl groups is 1. The molecule has 0 fully saturated rings. The van der Waals surface area contributed by atoms with Crippen molar-refractivity contribution in [3.05, 3.63) is 0 Å². The first kappa shape index (κ1) is 10.4. The van der Waals surface area contributed by atoms with Crippen LogP contribution >= 0.6 is 0 Å². The van der Waals surface area contributed by atoms with E-state index in [4.69, 9.17) is 5.11 Å². The summed E-state index contributed by atoms with van der Waals surface area (Å²) in [4.78, 5) is 12.5. The fourth-order valence-corrected chi connectivity index (χ4v) is 0.709. The highest BCUT2D eigenvalue weighted by Crippen LogP contribution is 1.89. The zero-order valence-corrected chi connectivity index (χ0v) is 7.29. The van der Waals surface area contributed by atoms with Crippen molar-refractivity contribution in [3.63, 3.8) is 0 Å². The number of carbonyl (C=O) groups excluding carboxylic acids is 1. The molecule has 0 aliphatic heterocycles. The maximum absolute atomic E-state index is 11.0. The second kappa shape index (κ2) is 5.09. The van der Waals surface area contributed by atoms with Crippen molar-refractivity contribution in [3.8, 4) is 0 Å². The zero-order valence-electron chi connectivity index (χ0n) is 7.29. The first-order valence-electron chi connectivity index (χ1n) is 3.67. The summed E-state index contributed by atoms with van der Waals surface area (Å²) in [7, 11) is 3.49. The van der Waals surface area contributed by atoms with Gasteiger partial charge in [-0.1, -0.05) is 0 Å². The maximum Gasteiger partial charge on any atom is 0.250 e. The summed E-state index contributed by atoms with van der Waals surface area (Å²) in [6.07, 6.45) is -0.892. The van der Waals surface area contributed by atoms with Gasteiger partial charge in [-0.25, -0.2) is 0 Å². The van der Waals surface area contributed by atoms with Crippen LogP contribution in [0, 0.1) is 0 Å². The van der Waals surface area contributed by atoms with Gasteiger partial charge in [0.25, 0.3) is 5.91 Å². The van der Waals surface area contributed by atoms with Crippen molar-refractivity contribution in [2.75, 3.05) is 27.2 Å². The fraction of sp³-hybridized carbons (Fsp3) is 0.857. The fourth-order valence-electron chi connectivity index (χ4n) is 0.709. The lowest BCUT2D eigenvalue weighted by Crippen LogP contribution is -2.38. The number of amides is 1. The first-order chi connectivity index (χ1) is 5.09. The molecule has 1 unspecified atom stereocenters. The molecule has 0 bridgehead atoms. The topological polar surface area (TPSA) is 52.6 Å². The molecule has 0 aromatic heterocycles. The highest BCUT2D eigenvalue weighted by Gasteiger charge is 2.12. The second-order valence-corrected chi connectivity index (χ2v) is 2.54. The molecule has 0 aromatic carbocycles. The number of hydrogen-bond acceptors (Lipinski definition) is 3. The molecule has 0 rings (SSSR count). The number of likely N-dealkylation sites (N-methyl/N-ethyl adjacent to an activating group) is 2. The van der Waals surface area contributed by atoms with Crippen molar-refractivity contribution >= 4 is 5.91 Å². The van der Waals surface area contributed by atoms with Crippen LogP contribution in [-0.4, -0.2) is 49.2 Å². The quantitative estimate of drug-likeness (QED) is 0.557. The van der Waals surface area contributed by atoms with Gasteiger partial charge < -0.3 is 15.3 Å². The Morgan fingerprint density at radius 3 is 2.64 bits per heavy atom. The highest BCUT2D eigenvalue weighted by atomic mass is 16.3. The summed E-state index contributed by atoms with van der Waals surface area (Å²) < 4.78 is 0. The Balaban J connectivity index is 3.64. The minimum absolute atomic E-state index is 0.236. The summed E-state index contributed by atoms with van der Waals surface area (Å²) in [5.41, 5.74) is 0. The molecule has 2 N–H and O–H groups in total. The Hall–Kier alpha value is -0.610. The summed E-state index contributed by atoms with van der Waals surface area (Å²) in [5, 5.41) is 11.8. The van der Waals surface area contributed by atoms with Gasteiger partial charge in [0.05, 0.1) is 0 Å². The van der Waals surface area contributed by atoms with Crippen LogP contribution in [0.4, 0.5) is 0 Å². The van der Waals surface area contributed by atoms with Gasteiger partial charge in [0.15, 0.2) is 0 Å². The third kappa shape index (κ3) is 3.95. The molecule has 4 nitrogen and oxygen atoms in total. The Labute approximate surface area is 67.2 Å². The summed E-state index contributed by atoms with van der Waals surface area (Å²) in [6.45, 7) is 2.84. The zero-order chi connectivity index (χ0) is 8.85. The van der Waals surface area contributed by atoms with Crippen LogP contribution in [0.2, 0.25) is 0 Å². The van der Waals surface area contributed by atoms with Gasteiger partial charge in [0, 0.05) is 20.1 Å². The molecule has 0 heterocycles. The smallest absolute Gasteiger partial charge is 0.250 e. The number of nitrogens with zero attached hydrogens (tertiary/aromatic N) is 1. The van der Waals surface area contributed by atoms with Crippen LogP contribution in [-0.2, 0) is 4.79 Å². The summed E-state index contributed by atoms with van der Waals surface area (Å²) in [5.74, 6) is -0.236. The van der Waals surface area contributed by atoms with Gasteiger partial charge in [-0.05, 0) is 14.0 Å². The van der Waals surface area contributed by atoms with Crippen molar-refractivity contribution in [2.45, 2.75) is 13.0 Å². The molecule has 4 heteroatoms. The van der Waals surface area contributed by atoms with E-state index in [2.05, 4.69) is 5.32 Å². The van der Waals surface area contributed by atoms with E-state index in [1.165, 1.54) is 11.8 Å². The second-order valence-electron chi connectivity index (χ2n) is 2.54. The molecule has 0 aliphatic rings. The largest absolute Gasteiger partial charge is 0.384 e. The van der Waals surface area contributed by atoms with E-state index in [0.29, 0.717) is 6.54 Å². The van der Waals surface area contributed by atoms with E-state index in [-0.39, 0.29) is 5.91 Å². The van der Waals surface area contributed by atoms with Crippen molar-refractivity contribution in [2.24, 2.45) is 0 Å². The molecule has 1 atom stereocenters.